The average Bonchev–Trinajstić information content (AvgIpc) is 2.58. The van der Waals surface area contributed by atoms with Crippen molar-refractivity contribution in [2.45, 2.75) is 32.7 Å². The Morgan fingerprint density at radius 1 is 1.59 bits per heavy atom. The third-order valence-electron chi connectivity index (χ3n) is 3.31. The van der Waals surface area contributed by atoms with Crippen LogP contribution in [0.2, 0.25) is 0 Å². The van der Waals surface area contributed by atoms with E-state index in [4.69, 9.17) is 5.11 Å². The Morgan fingerprint density at radius 3 is 2.71 bits per heavy atom. The fraction of sp³-hybridized carbons (Fsp3) is 0.545. The van der Waals surface area contributed by atoms with Crippen LogP contribution >= 0.6 is 11.3 Å². The molecule has 0 radical (unpaired) electrons. The summed E-state index contributed by atoms with van der Waals surface area (Å²) in [5, 5.41) is 11.8. The number of aliphatic carboxylic acids is 1. The molecule has 0 bridgehead atoms. The van der Waals surface area contributed by atoms with E-state index in [1.807, 2.05) is 6.92 Å². The first kappa shape index (κ1) is 12.0. The van der Waals surface area contributed by atoms with Crippen LogP contribution in [0.3, 0.4) is 0 Å². The van der Waals surface area contributed by atoms with Crippen molar-refractivity contribution in [2.75, 3.05) is 0 Å². The Balaban J connectivity index is 1.98. The van der Waals surface area contributed by atoms with E-state index in [-0.39, 0.29) is 5.91 Å². The standard InChI is InChI=1S/C11H14N2O3S/c1-7-8(17-6-13-7)5-12-9(14)11(10(15)16)3-2-4-11/h6H,2-5H2,1H3,(H,12,14)(H,15,16). The molecule has 0 atom stereocenters. The zero-order chi connectivity index (χ0) is 12.5. The van der Waals surface area contributed by atoms with Crippen LogP contribution in [0.25, 0.3) is 0 Å². The molecule has 1 fully saturated rings. The fourth-order valence-corrected chi connectivity index (χ4v) is 2.61. The lowest BCUT2D eigenvalue weighted by atomic mass is 9.68. The monoisotopic (exact) mass is 254 g/mol. The Hall–Kier alpha value is -1.43. The minimum Gasteiger partial charge on any atom is -0.480 e. The summed E-state index contributed by atoms with van der Waals surface area (Å²) in [4.78, 5) is 28.0. The largest absolute Gasteiger partial charge is 0.480 e. The highest BCUT2D eigenvalue weighted by Crippen LogP contribution is 2.41. The topological polar surface area (TPSA) is 79.3 Å². The number of thiazole rings is 1. The number of rotatable bonds is 4. The Morgan fingerprint density at radius 2 is 2.29 bits per heavy atom. The van der Waals surface area contributed by atoms with E-state index in [9.17, 15) is 9.59 Å². The maximum absolute atomic E-state index is 11.9. The van der Waals surface area contributed by atoms with Gasteiger partial charge in [-0.1, -0.05) is 6.42 Å². The molecule has 1 aromatic heterocycles. The van der Waals surface area contributed by atoms with Gasteiger partial charge in [-0.25, -0.2) is 4.98 Å². The first-order chi connectivity index (χ1) is 8.06. The van der Waals surface area contributed by atoms with Gasteiger partial charge in [0.1, 0.15) is 5.41 Å². The summed E-state index contributed by atoms with van der Waals surface area (Å²) in [6.45, 7) is 2.23. The lowest BCUT2D eigenvalue weighted by Gasteiger charge is -2.35. The van der Waals surface area contributed by atoms with E-state index < -0.39 is 11.4 Å². The second kappa shape index (κ2) is 4.44. The van der Waals surface area contributed by atoms with E-state index in [0.29, 0.717) is 19.4 Å². The zero-order valence-corrected chi connectivity index (χ0v) is 10.3. The number of hydrogen-bond acceptors (Lipinski definition) is 4. The number of hydrogen-bond donors (Lipinski definition) is 2. The smallest absolute Gasteiger partial charge is 0.319 e. The van der Waals surface area contributed by atoms with Crippen molar-refractivity contribution in [3.05, 3.63) is 16.1 Å². The maximum atomic E-state index is 11.9. The second-order valence-electron chi connectivity index (χ2n) is 4.28. The molecule has 6 heteroatoms. The molecule has 1 aromatic rings. The number of aromatic nitrogens is 1. The van der Waals surface area contributed by atoms with Crippen LogP contribution in [0.5, 0.6) is 0 Å². The number of carbonyl (C=O) groups excluding carboxylic acids is 1. The highest BCUT2D eigenvalue weighted by Gasteiger charge is 2.51. The second-order valence-corrected chi connectivity index (χ2v) is 5.22. The zero-order valence-electron chi connectivity index (χ0n) is 9.52. The van der Waals surface area contributed by atoms with Crippen LogP contribution in [0, 0.1) is 12.3 Å². The Bertz CT molecular complexity index is 451. The summed E-state index contributed by atoms with van der Waals surface area (Å²) in [6, 6.07) is 0. The van der Waals surface area contributed by atoms with Gasteiger partial charge in [-0.15, -0.1) is 11.3 Å². The summed E-state index contributed by atoms with van der Waals surface area (Å²) < 4.78 is 0. The molecule has 1 saturated carbocycles. The van der Waals surface area contributed by atoms with Crippen LogP contribution in [-0.2, 0) is 16.1 Å². The summed E-state index contributed by atoms with van der Waals surface area (Å²) in [5.74, 6) is -1.38. The SMILES string of the molecule is Cc1ncsc1CNC(=O)C1(C(=O)O)CCC1. The number of nitrogens with zero attached hydrogens (tertiary/aromatic N) is 1. The number of carboxylic acid groups (broad SMARTS) is 1. The summed E-state index contributed by atoms with van der Waals surface area (Å²) in [5.41, 5.74) is 1.42. The summed E-state index contributed by atoms with van der Waals surface area (Å²) >= 11 is 1.46. The molecule has 2 N–H and O–H groups in total. The van der Waals surface area contributed by atoms with Crippen molar-refractivity contribution in [1.29, 1.82) is 0 Å². The third kappa shape index (κ3) is 2.04. The number of aryl methyl sites for hydroxylation is 1. The predicted octanol–water partition coefficient (Wildman–Crippen LogP) is 1.32. The molecular formula is C11H14N2O3S. The maximum Gasteiger partial charge on any atom is 0.319 e. The molecule has 2 rings (SSSR count). The number of carbonyl (C=O) groups is 2. The van der Waals surface area contributed by atoms with Crippen LogP contribution in [0.15, 0.2) is 5.51 Å². The van der Waals surface area contributed by atoms with Gasteiger partial charge in [-0.2, -0.15) is 0 Å². The summed E-state index contributed by atoms with van der Waals surface area (Å²) in [7, 11) is 0. The molecule has 0 aliphatic heterocycles. The lowest BCUT2D eigenvalue weighted by Crippen LogP contribution is -2.50. The minimum absolute atomic E-state index is 0.365. The van der Waals surface area contributed by atoms with E-state index in [2.05, 4.69) is 10.3 Å². The van der Waals surface area contributed by atoms with Gasteiger partial charge >= 0.3 is 5.97 Å². The third-order valence-corrected chi connectivity index (χ3v) is 4.24. The normalized spacial score (nSPS) is 17.2. The van der Waals surface area contributed by atoms with Crippen molar-refractivity contribution in [3.8, 4) is 0 Å². The molecule has 0 aromatic carbocycles. The molecule has 0 unspecified atom stereocenters. The number of carboxylic acids is 1. The van der Waals surface area contributed by atoms with Crippen LogP contribution < -0.4 is 5.32 Å². The van der Waals surface area contributed by atoms with Gasteiger partial charge < -0.3 is 10.4 Å². The van der Waals surface area contributed by atoms with Crippen molar-refractivity contribution >= 4 is 23.2 Å². The van der Waals surface area contributed by atoms with Crippen LogP contribution in [-0.4, -0.2) is 22.0 Å². The Kier molecular flexibility index (Phi) is 3.15. The molecular weight excluding hydrogens is 240 g/mol. The van der Waals surface area contributed by atoms with Crippen LogP contribution in [0.4, 0.5) is 0 Å². The van der Waals surface area contributed by atoms with Gasteiger partial charge in [0.05, 0.1) is 17.7 Å². The molecule has 0 saturated heterocycles. The molecule has 1 heterocycles. The molecule has 17 heavy (non-hydrogen) atoms. The lowest BCUT2D eigenvalue weighted by molar-refractivity contribution is -0.162. The van der Waals surface area contributed by atoms with Crippen LogP contribution in [0.1, 0.15) is 29.8 Å². The molecule has 5 nitrogen and oxygen atoms in total. The van der Waals surface area contributed by atoms with E-state index in [1.165, 1.54) is 11.3 Å². The summed E-state index contributed by atoms with van der Waals surface area (Å²) in [6.07, 6.45) is 1.69. The highest BCUT2D eigenvalue weighted by molar-refractivity contribution is 7.09. The number of amides is 1. The van der Waals surface area contributed by atoms with Gasteiger partial charge in [-0.05, 0) is 19.8 Å². The van der Waals surface area contributed by atoms with Gasteiger partial charge in [-0.3, -0.25) is 9.59 Å². The molecule has 1 aliphatic rings. The van der Waals surface area contributed by atoms with Gasteiger partial charge in [0.25, 0.3) is 0 Å². The Labute approximate surface area is 103 Å². The highest BCUT2D eigenvalue weighted by atomic mass is 32.1. The predicted molar refractivity (Wildman–Crippen MR) is 62.6 cm³/mol. The molecule has 1 amide bonds. The molecule has 92 valence electrons. The van der Waals surface area contributed by atoms with Crippen molar-refractivity contribution in [2.24, 2.45) is 5.41 Å². The van der Waals surface area contributed by atoms with E-state index in [0.717, 1.165) is 17.0 Å². The van der Waals surface area contributed by atoms with Crippen molar-refractivity contribution in [3.63, 3.8) is 0 Å². The van der Waals surface area contributed by atoms with E-state index >= 15 is 0 Å². The fourth-order valence-electron chi connectivity index (χ4n) is 1.89. The van der Waals surface area contributed by atoms with Gasteiger partial charge in [0.15, 0.2) is 0 Å². The molecule has 1 aliphatic carbocycles. The van der Waals surface area contributed by atoms with Crippen molar-refractivity contribution < 1.29 is 14.7 Å². The quantitative estimate of drug-likeness (QED) is 0.794. The molecule has 0 spiro atoms. The van der Waals surface area contributed by atoms with E-state index in [1.54, 1.807) is 5.51 Å². The van der Waals surface area contributed by atoms with Gasteiger partial charge in [0.2, 0.25) is 5.91 Å². The van der Waals surface area contributed by atoms with Crippen molar-refractivity contribution in [1.82, 2.24) is 10.3 Å². The average molecular weight is 254 g/mol. The first-order valence-corrected chi connectivity index (χ1v) is 6.35. The number of nitrogens with one attached hydrogen (secondary N) is 1. The van der Waals surface area contributed by atoms with Gasteiger partial charge in [0, 0.05) is 4.88 Å². The minimum atomic E-state index is -1.18. The first-order valence-electron chi connectivity index (χ1n) is 5.47.